The average Bonchev–Trinajstić information content (AvgIpc) is 2.86. The van der Waals surface area contributed by atoms with Gasteiger partial charge in [-0.1, -0.05) is 55.7 Å². The van der Waals surface area contributed by atoms with Gasteiger partial charge in [0.05, 0.1) is 8.07 Å². The summed E-state index contributed by atoms with van der Waals surface area (Å²) < 4.78 is 17.2. The van der Waals surface area contributed by atoms with Crippen LogP contribution in [0.4, 0.5) is 0 Å². The third-order valence-electron chi connectivity index (χ3n) is 3.88. The van der Waals surface area contributed by atoms with Crippen LogP contribution in [0.15, 0.2) is 47.8 Å². The molecule has 1 heterocycles. The minimum absolute atomic E-state index is 0.763. The fraction of sp³-hybridized carbons (Fsp3) is 0.316. The highest BCUT2D eigenvalue weighted by atomic mass is 28.3. The van der Waals surface area contributed by atoms with E-state index in [1.807, 2.05) is 18.2 Å². The lowest BCUT2D eigenvalue weighted by Crippen LogP contribution is -2.37. The Balaban J connectivity index is 2.34. The van der Waals surface area contributed by atoms with E-state index in [1.165, 1.54) is 0 Å². The SMILES string of the molecule is COC1(OC)Oc2ccc3ccccc3c2C1=C=C[Si](C)(C)C. The molecule has 0 aliphatic carbocycles. The maximum atomic E-state index is 6.03. The highest BCUT2D eigenvalue weighted by Crippen LogP contribution is 2.47. The standard InChI is InChI=1S/C19H22O3Si/c1-20-19(21-2)16(12-13-23(3,4)5)18-15-9-7-6-8-14(15)10-11-17(18)22-19/h6-11,13H,1-5H3. The first-order valence-corrected chi connectivity index (χ1v) is 11.3. The summed E-state index contributed by atoms with van der Waals surface area (Å²) in [6, 6.07) is 12.3. The Morgan fingerprint density at radius 3 is 2.39 bits per heavy atom. The van der Waals surface area contributed by atoms with Crippen molar-refractivity contribution in [3.63, 3.8) is 0 Å². The summed E-state index contributed by atoms with van der Waals surface area (Å²) in [6.07, 6.45) is 0. The Morgan fingerprint density at radius 1 is 1.04 bits per heavy atom. The van der Waals surface area contributed by atoms with Gasteiger partial charge in [0.25, 0.3) is 0 Å². The van der Waals surface area contributed by atoms with Gasteiger partial charge in [0.15, 0.2) is 0 Å². The molecule has 120 valence electrons. The molecule has 2 aromatic rings. The van der Waals surface area contributed by atoms with Gasteiger partial charge in [0.1, 0.15) is 11.3 Å². The molecule has 0 unspecified atom stereocenters. The normalized spacial score (nSPS) is 16.0. The molecule has 0 atom stereocenters. The van der Waals surface area contributed by atoms with Crippen LogP contribution in [0, 0.1) is 0 Å². The van der Waals surface area contributed by atoms with Crippen molar-refractivity contribution < 1.29 is 14.2 Å². The first kappa shape index (κ1) is 16.0. The third-order valence-corrected chi connectivity index (χ3v) is 4.89. The van der Waals surface area contributed by atoms with Crippen LogP contribution in [-0.4, -0.2) is 28.3 Å². The Hall–Kier alpha value is -1.84. The van der Waals surface area contributed by atoms with Crippen LogP contribution in [0.1, 0.15) is 5.56 Å². The van der Waals surface area contributed by atoms with E-state index in [2.05, 4.69) is 49.3 Å². The van der Waals surface area contributed by atoms with E-state index in [4.69, 9.17) is 14.2 Å². The highest BCUT2D eigenvalue weighted by molar-refractivity contribution is 6.80. The van der Waals surface area contributed by atoms with E-state index in [1.54, 1.807) is 14.2 Å². The molecule has 0 fully saturated rings. The van der Waals surface area contributed by atoms with Gasteiger partial charge < -0.3 is 14.2 Å². The van der Waals surface area contributed by atoms with E-state index in [-0.39, 0.29) is 0 Å². The van der Waals surface area contributed by atoms with Crippen molar-refractivity contribution in [1.29, 1.82) is 0 Å². The van der Waals surface area contributed by atoms with Crippen molar-refractivity contribution in [3.05, 3.63) is 53.4 Å². The van der Waals surface area contributed by atoms with Crippen LogP contribution >= 0.6 is 0 Å². The van der Waals surface area contributed by atoms with Crippen molar-refractivity contribution in [3.8, 4) is 5.75 Å². The molecule has 0 bridgehead atoms. The zero-order chi connectivity index (χ0) is 16.7. The Bertz CT molecular complexity index is 807. The number of fused-ring (bicyclic) bond motifs is 3. The average molecular weight is 326 g/mol. The second-order valence-corrected chi connectivity index (χ2v) is 11.8. The van der Waals surface area contributed by atoms with Crippen LogP contribution in [0.25, 0.3) is 16.3 Å². The molecule has 0 spiro atoms. The molecule has 0 saturated carbocycles. The maximum absolute atomic E-state index is 6.03. The second-order valence-electron chi connectivity index (χ2n) is 6.76. The van der Waals surface area contributed by atoms with Crippen molar-refractivity contribution in [2.45, 2.75) is 25.6 Å². The predicted molar refractivity (Wildman–Crippen MR) is 96.2 cm³/mol. The molecule has 23 heavy (non-hydrogen) atoms. The smallest absolute Gasteiger partial charge is 0.364 e. The summed E-state index contributed by atoms with van der Waals surface area (Å²) in [4.78, 5) is 0. The lowest BCUT2D eigenvalue weighted by atomic mass is 9.98. The molecule has 0 radical (unpaired) electrons. The third kappa shape index (κ3) is 2.75. The monoisotopic (exact) mass is 326 g/mol. The fourth-order valence-electron chi connectivity index (χ4n) is 2.76. The number of rotatable bonds is 3. The van der Waals surface area contributed by atoms with Crippen LogP contribution in [0.5, 0.6) is 5.75 Å². The Labute approximate surface area is 138 Å². The van der Waals surface area contributed by atoms with Gasteiger partial charge in [-0.25, -0.2) is 0 Å². The van der Waals surface area contributed by atoms with Crippen LogP contribution in [-0.2, 0) is 9.47 Å². The zero-order valence-corrected chi connectivity index (χ0v) is 15.3. The van der Waals surface area contributed by atoms with Gasteiger partial charge in [0.2, 0.25) is 0 Å². The zero-order valence-electron chi connectivity index (χ0n) is 14.3. The molecule has 4 heteroatoms. The number of methoxy groups -OCH3 is 2. The summed E-state index contributed by atoms with van der Waals surface area (Å²) in [5, 5.41) is 2.28. The minimum Gasteiger partial charge on any atom is -0.434 e. The van der Waals surface area contributed by atoms with E-state index >= 15 is 0 Å². The number of ether oxygens (including phenoxy) is 3. The summed E-state index contributed by atoms with van der Waals surface area (Å²) in [5.74, 6) is -0.471. The lowest BCUT2D eigenvalue weighted by Gasteiger charge is -2.25. The molecule has 0 saturated heterocycles. The van der Waals surface area contributed by atoms with Crippen molar-refractivity contribution in [1.82, 2.24) is 0 Å². The largest absolute Gasteiger partial charge is 0.434 e. The molecule has 0 N–H and O–H groups in total. The van der Waals surface area contributed by atoms with Gasteiger partial charge in [0, 0.05) is 19.8 Å². The van der Waals surface area contributed by atoms with E-state index in [9.17, 15) is 0 Å². The molecular formula is C19H22O3Si. The molecule has 0 amide bonds. The molecule has 2 aromatic carbocycles. The lowest BCUT2D eigenvalue weighted by molar-refractivity contribution is -0.272. The summed E-state index contributed by atoms with van der Waals surface area (Å²) in [7, 11) is 1.76. The molecule has 1 aliphatic heterocycles. The number of hydrogen-bond acceptors (Lipinski definition) is 3. The van der Waals surface area contributed by atoms with E-state index in [0.29, 0.717) is 0 Å². The molecule has 3 nitrogen and oxygen atoms in total. The molecule has 0 aromatic heterocycles. The van der Waals surface area contributed by atoms with Gasteiger partial charge >= 0.3 is 5.97 Å². The van der Waals surface area contributed by atoms with Crippen LogP contribution < -0.4 is 4.74 Å². The minimum atomic E-state index is -1.43. The van der Waals surface area contributed by atoms with Gasteiger partial charge in [-0.05, 0) is 16.8 Å². The molecule has 3 rings (SSSR count). The first-order valence-electron chi connectivity index (χ1n) is 7.70. The topological polar surface area (TPSA) is 27.7 Å². The molecule has 1 aliphatic rings. The van der Waals surface area contributed by atoms with Crippen molar-refractivity contribution in [2.75, 3.05) is 14.2 Å². The molecular weight excluding hydrogens is 304 g/mol. The quantitative estimate of drug-likeness (QED) is 0.469. The highest BCUT2D eigenvalue weighted by Gasteiger charge is 2.47. The predicted octanol–water partition coefficient (Wildman–Crippen LogP) is 4.59. The van der Waals surface area contributed by atoms with Gasteiger partial charge in [-0.2, -0.15) is 0 Å². The number of benzene rings is 2. The Morgan fingerprint density at radius 2 is 1.74 bits per heavy atom. The van der Waals surface area contributed by atoms with Crippen LogP contribution in [0.3, 0.4) is 0 Å². The Kier molecular flexibility index (Phi) is 3.94. The first-order chi connectivity index (χ1) is 10.9. The maximum Gasteiger partial charge on any atom is 0.364 e. The van der Waals surface area contributed by atoms with E-state index in [0.717, 1.165) is 27.7 Å². The van der Waals surface area contributed by atoms with Crippen molar-refractivity contribution in [2.24, 2.45) is 0 Å². The summed E-state index contributed by atoms with van der Waals surface area (Å²) in [5.41, 5.74) is 7.41. The van der Waals surface area contributed by atoms with Crippen molar-refractivity contribution >= 4 is 24.4 Å². The van der Waals surface area contributed by atoms with Gasteiger partial charge in [-0.15, -0.1) is 5.73 Å². The summed E-state index contributed by atoms with van der Waals surface area (Å²) >= 11 is 0. The fourth-order valence-corrected chi connectivity index (χ4v) is 3.34. The number of hydrogen-bond donors (Lipinski definition) is 0. The van der Waals surface area contributed by atoms with Gasteiger partial charge in [-0.3, -0.25) is 0 Å². The van der Waals surface area contributed by atoms with E-state index < -0.39 is 14.0 Å². The second kappa shape index (κ2) is 5.66. The van der Waals surface area contributed by atoms with Crippen LogP contribution in [0.2, 0.25) is 19.6 Å². The summed E-state index contributed by atoms with van der Waals surface area (Å²) in [6.45, 7) is 6.80.